The fraction of sp³-hybridized carbons (Fsp3) is 0.500. The molecule has 0 aliphatic rings. The highest BCUT2D eigenvalue weighted by Gasteiger charge is 2.21. The van der Waals surface area contributed by atoms with E-state index in [4.69, 9.17) is 19.9 Å². The van der Waals surface area contributed by atoms with E-state index in [-0.39, 0.29) is 6.61 Å². The zero-order chi connectivity index (χ0) is 16.9. The number of hydrogen-bond acceptors (Lipinski definition) is 6. The Balaban J connectivity index is 2.81. The lowest BCUT2D eigenvalue weighted by atomic mass is 10.1. The minimum absolute atomic E-state index is 0.229. The first-order chi connectivity index (χ1) is 10.1. The van der Waals surface area contributed by atoms with Crippen LogP contribution in [0.3, 0.4) is 0 Å². The van der Waals surface area contributed by atoms with Gasteiger partial charge in [0.15, 0.2) is 0 Å². The summed E-state index contributed by atoms with van der Waals surface area (Å²) in [7, 11) is 0. The van der Waals surface area contributed by atoms with Crippen LogP contribution in [0.2, 0.25) is 0 Å². The van der Waals surface area contributed by atoms with Crippen LogP contribution in [0.1, 0.15) is 43.6 Å². The highest BCUT2D eigenvalue weighted by atomic mass is 16.6. The van der Waals surface area contributed by atoms with Crippen LogP contribution in [0, 0.1) is 6.92 Å². The summed E-state index contributed by atoms with van der Waals surface area (Å²) in [6.45, 7) is 9.07. The van der Waals surface area contributed by atoms with Gasteiger partial charge in [0.2, 0.25) is 6.23 Å². The number of hydrogen-bond donors (Lipinski definition) is 1. The molecule has 0 amide bonds. The van der Waals surface area contributed by atoms with Gasteiger partial charge in [-0.25, -0.2) is 9.59 Å². The molecule has 0 aromatic heterocycles. The Labute approximate surface area is 130 Å². The fourth-order valence-corrected chi connectivity index (χ4v) is 1.69. The van der Waals surface area contributed by atoms with Crippen molar-refractivity contribution in [3.63, 3.8) is 0 Å². The monoisotopic (exact) mass is 309 g/mol. The van der Waals surface area contributed by atoms with Crippen LogP contribution in [0.15, 0.2) is 18.2 Å². The Morgan fingerprint density at radius 3 is 2.41 bits per heavy atom. The Kier molecular flexibility index (Phi) is 5.93. The molecule has 0 fully saturated rings. The van der Waals surface area contributed by atoms with Crippen LogP contribution >= 0.6 is 0 Å². The molecule has 0 aliphatic carbocycles. The topological polar surface area (TPSA) is 87.9 Å². The van der Waals surface area contributed by atoms with Crippen LogP contribution in [0.4, 0.5) is 0 Å². The lowest BCUT2D eigenvalue weighted by Gasteiger charge is -2.20. The molecular formula is C16H23NO5. The lowest BCUT2D eigenvalue weighted by Crippen LogP contribution is -2.37. The van der Waals surface area contributed by atoms with E-state index >= 15 is 0 Å². The van der Waals surface area contributed by atoms with Gasteiger partial charge in [0.1, 0.15) is 11.4 Å². The first-order valence-electron chi connectivity index (χ1n) is 7.07. The first-order valence-corrected chi connectivity index (χ1v) is 7.07. The quantitative estimate of drug-likeness (QED) is 0.662. The Bertz CT molecular complexity index is 548. The number of nitrogens with two attached hydrogens (primary N) is 1. The SMILES string of the molecule is CCOC(=O)C(N)Oc1ccc(C(=O)OC(C)(C)C)c(C)c1. The van der Waals surface area contributed by atoms with Gasteiger partial charge in [-0.3, -0.25) is 5.73 Å². The molecule has 0 saturated carbocycles. The lowest BCUT2D eigenvalue weighted by molar-refractivity contribution is -0.151. The van der Waals surface area contributed by atoms with E-state index in [0.717, 1.165) is 0 Å². The average molecular weight is 309 g/mol. The Morgan fingerprint density at radius 1 is 1.27 bits per heavy atom. The van der Waals surface area contributed by atoms with Crippen molar-refractivity contribution in [3.05, 3.63) is 29.3 Å². The van der Waals surface area contributed by atoms with Gasteiger partial charge in [-0.05, 0) is 58.4 Å². The summed E-state index contributed by atoms with van der Waals surface area (Å²) in [5, 5.41) is 0. The molecule has 6 heteroatoms. The maximum absolute atomic E-state index is 12.0. The summed E-state index contributed by atoms with van der Waals surface area (Å²) < 4.78 is 15.4. The summed E-state index contributed by atoms with van der Waals surface area (Å²) in [4.78, 5) is 23.5. The second-order valence-electron chi connectivity index (χ2n) is 5.77. The van der Waals surface area contributed by atoms with Crippen LogP contribution < -0.4 is 10.5 Å². The van der Waals surface area contributed by atoms with E-state index in [1.807, 2.05) is 0 Å². The molecule has 0 aliphatic heterocycles. The molecule has 0 spiro atoms. The smallest absolute Gasteiger partial charge is 0.362 e. The molecule has 1 unspecified atom stereocenters. The summed E-state index contributed by atoms with van der Waals surface area (Å²) in [6.07, 6.45) is -1.20. The van der Waals surface area contributed by atoms with Gasteiger partial charge in [0.05, 0.1) is 12.2 Å². The van der Waals surface area contributed by atoms with Crippen molar-refractivity contribution in [2.75, 3.05) is 6.61 Å². The van der Waals surface area contributed by atoms with E-state index in [0.29, 0.717) is 16.9 Å². The number of carbonyl (C=O) groups excluding carboxylic acids is 2. The predicted octanol–water partition coefficient (Wildman–Crippen LogP) is 2.18. The van der Waals surface area contributed by atoms with E-state index in [1.165, 1.54) is 0 Å². The van der Waals surface area contributed by atoms with E-state index < -0.39 is 23.8 Å². The van der Waals surface area contributed by atoms with Gasteiger partial charge in [-0.2, -0.15) is 0 Å². The zero-order valence-electron chi connectivity index (χ0n) is 13.6. The molecule has 2 N–H and O–H groups in total. The molecule has 1 atom stereocenters. The fourth-order valence-electron chi connectivity index (χ4n) is 1.69. The minimum atomic E-state index is -1.20. The normalized spacial score (nSPS) is 12.5. The van der Waals surface area contributed by atoms with Crippen molar-refractivity contribution in [1.29, 1.82) is 0 Å². The van der Waals surface area contributed by atoms with Crippen LogP contribution in [-0.2, 0) is 14.3 Å². The maximum atomic E-state index is 12.0. The summed E-state index contributed by atoms with van der Waals surface area (Å²) >= 11 is 0. The molecule has 0 bridgehead atoms. The molecule has 0 radical (unpaired) electrons. The number of benzene rings is 1. The van der Waals surface area contributed by atoms with Gasteiger partial charge in [-0.15, -0.1) is 0 Å². The Morgan fingerprint density at radius 2 is 1.91 bits per heavy atom. The predicted molar refractivity (Wildman–Crippen MR) is 81.6 cm³/mol. The summed E-state index contributed by atoms with van der Waals surface area (Å²) in [5.41, 5.74) is 6.12. The van der Waals surface area contributed by atoms with Gasteiger partial charge < -0.3 is 14.2 Å². The van der Waals surface area contributed by atoms with Gasteiger partial charge in [-0.1, -0.05) is 0 Å². The standard InChI is InChI=1S/C16H23NO5/c1-6-20-15(19)13(17)21-11-7-8-12(10(2)9-11)14(18)22-16(3,4)5/h7-9,13H,6,17H2,1-5H3. The molecule has 1 aromatic carbocycles. The van der Waals surface area contributed by atoms with Gasteiger partial charge in [0, 0.05) is 0 Å². The van der Waals surface area contributed by atoms with Crippen molar-refractivity contribution in [1.82, 2.24) is 0 Å². The highest BCUT2D eigenvalue weighted by Crippen LogP contribution is 2.20. The van der Waals surface area contributed by atoms with E-state index in [1.54, 1.807) is 52.8 Å². The van der Waals surface area contributed by atoms with E-state index in [2.05, 4.69) is 0 Å². The molecular weight excluding hydrogens is 286 g/mol. The van der Waals surface area contributed by atoms with Crippen LogP contribution in [-0.4, -0.2) is 30.4 Å². The number of rotatable bonds is 5. The first kappa shape index (κ1) is 18.0. The zero-order valence-corrected chi connectivity index (χ0v) is 13.6. The third-order valence-electron chi connectivity index (χ3n) is 2.60. The maximum Gasteiger partial charge on any atom is 0.362 e. The molecule has 0 saturated heterocycles. The third kappa shape index (κ3) is 5.37. The van der Waals surface area contributed by atoms with Crippen molar-refractivity contribution < 1.29 is 23.8 Å². The van der Waals surface area contributed by atoms with Crippen LogP contribution in [0.25, 0.3) is 0 Å². The third-order valence-corrected chi connectivity index (χ3v) is 2.60. The largest absolute Gasteiger partial charge is 0.464 e. The van der Waals surface area contributed by atoms with Crippen molar-refractivity contribution >= 4 is 11.9 Å². The molecule has 6 nitrogen and oxygen atoms in total. The molecule has 1 aromatic rings. The van der Waals surface area contributed by atoms with Crippen molar-refractivity contribution in [2.24, 2.45) is 5.73 Å². The van der Waals surface area contributed by atoms with Gasteiger partial charge >= 0.3 is 11.9 Å². The van der Waals surface area contributed by atoms with Crippen LogP contribution in [0.5, 0.6) is 5.75 Å². The number of esters is 2. The average Bonchev–Trinajstić information content (AvgIpc) is 2.36. The van der Waals surface area contributed by atoms with Crippen molar-refractivity contribution in [3.8, 4) is 5.75 Å². The molecule has 1 rings (SSSR count). The Hall–Kier alpha value is -2.08. The van der Waals surface area contributed by atoms with Gasteiger partial charge in [0.25, 0.3) is 0 Å². The number of aryl methyl sites for hydroxylation is 1. The molecule has 22 heavy (non-hydrogen) atoms. The highest BCUT2D eigenvalue weighted by molar-refractivity contribution is 5.91. The molecule has 0 heterocycles. The number of ether oxygens (including phenoxy) is 3. The second-order valence-corrected chi connectivity index (χ2v) is 5.77. The van der Waals surface area contributed by atoms with E-state index in [9.17, 15) is 9.59 Å². The minimum Gasteiger partial charge on any atom is -0.464 e. The summed E-state index contributed by atoms with van der Waals surface area (Å²) in [6, 6.07) is 4.76. The summed E-state index contributed by atoms with van der Waals surface area (Å²) in [5.74, 6) is -0.673. The second kappa shape index (κ2) is 7.26. The number of carbonyl (C=O) groups is 2. The van der Waals surface area contributed by atoms with Crippen molar-refractivity contribution in [2.45, 2.75) is 46.4 Å². The molecule has 122 valence electrons.